The summed E-state index contributed by atoms with van der Waals surface area (Å²) in [5, 5.41) is 10.3. The Morgan fingerprint density at radius 1 is 1.11 bits per heavy atom. The highest BCUT2D eigenvalue weighted by atomic mass is 35.5. The number of carbonyl (C=O) groups excluding carboxylic acids is 1. The first-order chi connectivity index (χ1) is 12.8. The fourth-order valence-electron chi connectivity index (χ4n) is 2.12. The number of amides is 1. The molecule has 0 saturated heterocycles. The van der Waals surface area contributed by atoms with E-state index in [0.29, 0.717) is 16.0 Å². The molecule has 3 rings (SSSR count). The lowest BCUT2D eigenvalue weighted by molar-refractivity contribution is -0.137. The van der Waals surface area contributed by atoms with Crippen LogP contribution in [-0.4, -0.2) is 26.8 Å². The van der Waals surface area contributed by atoms with Crippen LogP contribution in [0.1, 0.15) is 5.56 Å². The van der Waals surface area contributed by atoms with Crippen molar-refractivity contribution in [1.82, 2.24) is 15.2 Å². The van der Waals surface area contributed by atoms with E-state index in [2.05, 4.69) is 20.5 Å². The molecule has 0 unspecified atom stereocenters. The third kappa shape index (κ3) is 5.24. The second-order valence-electron chi connectivity index (χ2n) is 5.39. The van der Waals surface area contributed by atoms with Gasteiger partial charge in [-0.05, 0) is 48.5 Å². The molecule has 140 valence electrons. The third-order valence-corrected chi connectivity index (χ3v) is 4.51. The van der Waals surface area contributed by atoms with Crippen LogP contribution in [0.3, 0.4) is 0 Å². The molecule has 0 spiro atoms. The Labute approximate surface area is 161 Å². The molecule has 0 bridgehead atoms. The summed E-state index contributed by atoms with van der Waals surface area (Å²) in [5.74, 6) is 0.175. The molecule has 0 aliphatic carbocycles. The number of H-pyrrole nitrogens is 1. The maximum absolute atomic E-state index is 12.5. The molecule has 0 fully saturated rings. The molecule has 2 N–H and O–H groups in total. The zero-order valence-electron chi connectivity index (χ0n) is 13.5. The van der Waals surface area contributed by atoms with Crippen LogP contribution in [-0.2, 0) is 11.0 Å². The van der Waals surface area contributed by atoms with Gasteiger partial charge in [-0.25, -0.2) is 4.98 Å². The Morgan fingerprint density at radius 2 is 1.78 bits per heavy atom. The molecule has 10 heteroatoms. The van der Waals surface area contributed by atoms with Gasteiger partial charge in [0, 0.05) is 16.3 Å². The first-order valence-corrected chi connectivity index (χ1v) is 8.96. The lowest BCUT2D eigenvalue weighted by Crippen LogP contribution is -2.14. The fraction of sp³-hybridized carbons (Fsp3) is 0.118. The molecule has 1 heterocycles. The summed E-state index contributed by atoms with van der Waals surface area (Å²) in [6.45, 7) is 0. The highest BCUT2D eigenvalue weighted by Gasteiger charge is 2.29. The average Bonchev–Trinajstić information content (AvgIpc) is 3.09. The van der Waals surface area contributed by atoms with Crippen molar-refractivity contribution in [3.8, 4) is 11.4 Å². The van der Waals surface area contributed by atoms with E-state index in [9.17, 15) is 18.0 Å². The number of nitrogens with zero attached hydrogens (tertiary/aromatic N) is 2. The Kier molecular flexibility index (Phi) is 5.71. The summed E-state index contributed by atoms with van der Waals surface area (Å²) in [6.07, 6.45) is -4.41. The summed E-state index contributed by atoms with van der Waals surface area (Å²) in [7, 11) is 0. The lowest BCUT2D eigenvalue weighted by Gasteiger charge is -2.08. The second-order valence-corrected chi connectivity index (χ2v) is 6.76. The highest BCUT2D eigenvalue weighted by Crippen LogP contribution is 2.30. The molecule has 0 atom stereocenters. The zero-order chi connectivity index (χ0) is 19.4. The van der Waals surface area contributed by atoms with E-state index < -0.39 is 11.7 Å². The van der Waals surface area contributed by atoms with E-state index in [4.69, 9.17) is 11.6 Å². The van der Waals surface area contributed by atoms with Crippen LogP contribution in [0.25, 0.3) is 11.4 Å². The van der Waals surface area contributed by atoms with Crippen molar-refractivity contribution in [2.24, 2.45) is 0 Å². The van der Waals surface area contributed by atoms with Crippen LogP contribution in [0, 0.1) is 0 Å². The van der Waals surface area contributed by atoms with Gasteiger partial charge >= 0.3 is 6.18 Å². The van der Waals surface area contributed by atoms with Gasteiger partial charge in [-0.1, -0.05) is 23.4 Å². The fourth-order valence-corrected chi connectivity index (χ4v) is 2.84. The van der Waals surface area contributed by atoms with Gasteiger partial charge in [-0.15, -0.1) is 5.10 Å². The number of halogens is 4. The van der Waals surface area contributed by atoms with Crippen LogP contribution in [0.4, 0.5) is 18.9 Å². The van der Waals surface area contributed by atoms with Gasteiger partial charge in [0.1, 0.15) is 0 Å². The van der Waals surface area contributed by atoms with Gasteiger partial charge in [0.25, 0.3) is 0 Å². The molecule has 3 aromatic rings. The summed E-state index contributed by atoms with van der Waals surface area (Å²) in [5.41, 5.74) is 0.309. The van der Waals surface area contributed by atoms with E-state index in [1.54, 1.807) is 24.3 Å². The maximum Gasteiger partial charge on any atom is 0.416 e. The van der Waals surface area contributed by atoms with Gasteiger partial charge in [0.2, 0.25) is 11.1 Å². The molecule has 1 aromatic heterocycles. The number of nitrogens with one attached hydrogen (secondary N) is 2. The van der Waals surface area contributed by atoms with Crippen molar-refractivity contribution in [1.29, 1.82) is 0 Å². The van der Waals surface area contributed by atoms with Gasteiger partial charge in [-0.3, -0.25) is 9.89 Å². The van der Waals surface area contributed by atoms with Crippen molar-refractivity contribution in [3.05, 3.63) is 59.1 Å². The minimum Gasteiger partial charge on any atom is -0.325 e. The normalized spacial score (nSPS) is 11.4. The maximum atomic E-state index is 12.5. The van der Waals surface area contributed by atoms with E-state index >= 15 is 0 Å². The highest BCUT2D eigenvalue weighted by molar-refractivity contribution is 7.99. The second kappa shape index (κ2) is 8.01. The number of aromatic amines is 1. The largest absolute Gasteiger partial charge is 0.416 e. The smallest absolute Gasteiger partial charge is 0.325 e. The van der Waals surface area contributed by atoms with Crippen LogP contribution >= 0.6 is 23.4 Å². The van der Waals surface area contributed by atoms with Crippen molar-refractivity contribution in [2.75, 3.05) is 11.1 Å². The number of thioether (sulfide) groups is 1. The Balaban J connectivity index is 1.54. The average molecular weight is 413 g/mol. The molecular formula is C17H12ClF3N4OS. The van der Waals surface area contributed by atoms with Crippen molar-refractivity contribution in [2.45, 2.75) is 11.3 Å². The lowest BCUT2D eigenvalue weighted by atomic mass is 10.2. The van der Waals surface area contributed by atoms with Crippen molar-refractivity contribution >= 4 is 35.0 Å². The minimum absolute atomic E-state index is 0.0128. The minimum atomic E-state index is -4.41. The van der Waals surface area contributed by atoms with Gasteiger partial charge < -0.3 is 5.32 Å². The van der Waals surface area contributed by atoms with E-state index in [1.165, 1.54) is 12.1 Å². The predicted molar refractivity (Wildman–Crippen MR) is 97.6 cm³/mol. The molecule has 1 amide bonds. The molecule has 0 aliphatic heterocycles. The number of hydrogen-bond donors (Lipinski definition) is 2. The molecule has 0 saturated carbocycles. The molecule has 5 nitrogen and oxygen atoms in total. The van der Waals surface area contributed by atoms with Gasteiger partial charge in [0.15, 0.2) is 5.82 Å². The van der Waals surface area contributed by atoms with Crippen LogP contribution in [0.2, 0.25) is 5.02 Å². The topological polar surface area (TPSA) is 70.7 Å². The number of anilines is 1. The molecule has 2 aromatic carbocycles. The molecular weight excluding hydrogens is 401 g/mol. The third-order valence-electron chi connectivity index (χ3n) is 3.41. The van der Waals surface area contributed by atoms with Crippen LogP contribution in [0.5, 0.6) is 0 Å². The summed E-state index contributed by atoms with van der Waals surface area (Å²) in [4.78, 5) is 16.2. The van der Waals surface area contributed by atoms with Crippen molar-refractivity contribution < 1.29 is 18.0 Å². The number of benzene rings is 2. The first-order valence-electron chi connectivity index (χ1n) is 7.59. The zero-order valence-corrected chi connectivity index (χ0v) is 15.1. The van der Waals surface area contributed by atoms with Crippen LogP contribution < -0.4 is 5.32 Å². The number of rotatable bonds is 5. The van der Waals surface area contributed by atoms with E-state index in [0.717, 1.165) is 29.5 Å². The molecule has 27 heavy (non-hydrogen) atoms. The number of carbonyl (C=O) groups is 1. The summed E-state index contributed by atoms with van der Waals surface area (Å²) >= 11 is 6.94. The van der Waals surface area contributed by atoms with E-state index in [-0.39, 0.29) is 17.3 Å². The SMILES string of the molecule is O=C(CSc1n[nH]c(-c2ccc(Cl)cc2)n1)Nc1ccc(C(F)(F)F)cc1. The Bertz CT molecular complexity index is 927. The first kappa shape index (κ1) is 19.2. The summed E-state index contributed by atoms with van der Waals surface area (Å²) in [6, 6.07) is 11.3. The van der Waals surface area contributed by atoms with Crippen molar-refractivity contribution in [3.63, 3.8) is 0 Å². The van der Waals surface area contributed by atoms with E-state index in [1.807, 2.05) is 0 Å². The number of hydrogen-bond acceptors (Lipinski definition) is 4. The summed E-state index contributed by atoms with van der Waals surface area (Å²) < 4.78 is 37.6. The molecule has 0 aliphatic rings. The van der Waals surface area contributed by atoms with Gasteiger partial charge in [-0.2, -0.15) is 13.2 Å². The van der Waals surface area contributed by atoms with Gasteiger partial charge in [0.05, 0.1) is 11.3 Å². The monoisotopic (exact) mass is 412 g/mol. The Morgan fingerprint density at radius 3 is 2.41 bits per heavy atom. The van der Waals surface area contributed by atoms with Crippen LogP contribution in [0.15, 0.2) is 53.7 Å². The Hall–Kier alpha value is -2.52. The predicted octanol–water partition coefficient (Wildman–Crippen LogP) is 4.87. The standard InChI is InChI=1S/C17H12ClF3N4OS/c18-12-5-1-10(2-6-12)15-23-16(25-24-15)27-9-14(26)22-13-7-3-11(4-8-13)17(19,20)21/h1-8H,9H2,(H,22,26)(H,23,24,25). The quantitative estimate of drug-likeness (QED) is 0.586. The number of aromatic nitrogens is 3. The molecule has 0 radical (unpaired) electrons. The number of alkyl halides is 3.